The SMILES string of the molecule is CC(C)(C)OC(=O)NCCC(O)C(O)c1cccc(N=C=O)c1. The minimum absolute atomic E-state index is 0.140. The molecule has 0 saturated carbocycles. The lowest BCUT2D eigenvalue weighted by molar-refractivity contribution is 0.0123. The van der Waals surface area contributed by atoms with Crippen molar-refractivity contribution in [3.63, 3.8) is 0 Å². The molecule has 0 heterocycles. The third-order valence-corrected chi connectivity index (χ3v) is 2.86. The number of aliphatic imine (C=N–C) groups is 1. The molecule has 0 aromatic heterocycles. The van der Waals surface area contributed by atoms with E-state index in [9.17, 15) is 19.8 Å². The molecule has 126 valence electrons. The molecule has 2 unspecified atom stereocenters. The van der Waals surface area contributed by atoms with E-state index in [1.807, 2.05) is 0 Å². The van der Waals surface area contributed by atoms with E-state index in [0.717, 1.165) is 0 Å². The molecular formula is C16H22N2O5. The van der Waals surface area contributed by atoms with Crippen molar-refractivity contribution in [2.75, 3.05) is 6.54 Å². The number of nitrogens with zero attached hydrogens (tertiary/aromatic N) is 1. The monoisotopic (exact) mass is 322 g/mol. The van der Waals surface area contributed by atoms with Crippen molar-refractivity contribution < 1.29 is 24.5 Å². The Kier molecular flexibility index (Phi) is 6.90. The molecule has 0 fully saturated rings. The predicted molar refractivity (Wildman–Crippen MR) is 84.0 cm³/mol. The van der Waals surface area contributed by atoms with Gasteiger partial charge in [-0.25, -0.2) is 9.59 Å². The highest BCUT2D eigenvalue weighted by Gasteiger charge is 2.20. The predicted octanol–water partition coefficient (Wildman–Crippen LogP) is 1.96. The van der Waals surface area contributed by atoms with Crippen LogP contribution in [0.3, 0.4) is 0 Å². The molecule has 0 saturated heterocycles. The number of isocyanates is 1. The molecule has 0 aliphatic rings. The summed E-state index contributed by atoms with van der Waals surface area (Å²) in [6.45, 7) is 5.40. The van der Waals surface area contributed by atoms with Gasteiger partial charge in [-0.3, -0.25) is 0 Å². The second kappa shape index (κ2) is 8.43. The molecule has 1 aromatic rings. The molecule has 1 amide bonds. The van der Waals surface area contributed by atoms with Crippen LogP contribution in [0.2, 0.25) is 0 Å². The molecule has 1 aromatic carbocycles. The number of ether oxygens (including phenoxy) is 1. The fraction of sp³-hybridized carbons (Fsp3) is 0.500. The molecule has 7 nitrogen and oxygen atoms in total. The maximum absolute atomic E-state index is 11.5. The quantitative estimate of drug-likeness (QED) is 0.548. The van der Waals surface area contributed by atoms with Crippen LogP contribution < -0.4 is 5.32 Å². The van der Waals surface area contributed by atoms with E-state index in [-0.39, 0.29) is 13.0 Å². The minimum Gasteiger partial charge on any atom is -0.444 e. The number of amides is 1. The first kappa shape index (κ1) is 18.8. The van der Waals surface area contributed by atoms with Crippen LogP contribution in [0, 0.1) is 0 Å². The third-order valence-electron chi connectivity index (χ3n) is 2.86. The maximum atomic E-state index is 11.5. The van der Waals surface area contributed by atoms with E-state index in [1.165, 1.54) is 12.1 Å². The van der Waals surface area contributed by atoms with Gasteiger partial charge in [0.15, 0.2) is 0 Å². The summed E-state index contributed by atoms with van der Waals surface area (Å²) in [5, 5.41) is 22.6. The zero-order chi connectivity index (χ0) is 17.5. The normalized spacial score (nSPS) is 13.6. The Morgan fingerprint density at radius 2 is 2.09 bits per heavy atom. The van der Waals surface area contributed by atoms with Crippen LogP contribution in [-0.4, -0.2) is 40.6 Å². The Bertz CT molecular complexity index is 576. The Morgan fingerprint density at radius 1 is 1.39 bits per heavy atom. The van der Waals surface area contributed by atoms with Crippen molar-refractivity contribution >= 4 is 17.9 Å². The lowest BCUT2D eigenvalue weighted by Gasteiger charge is -2.21. The highest BCUT2D eigenvalue weighted by Crippen LogP contribution is 2.23. The Labute approximate surface area is 135 Å². The Balaban J connectivity index is 2.51. The number of aliphatic hydroxyl groups is 2. The van der Waals surface area contributed by atoms with Crippen LogP contribution in [0.1, 0.15) is 38.9 Å². The summed E-state index contributed by atoms with van der Waals surface area (Å²) in [6.07, 6.45) is -1.27. The van der Waals surface area contributed by atoms with Gasteiger partial charge in [-0.05, 0) is 44.9 Å². The summed E-state index contributed by atoms with van der Waals surface area (Å²) < 4.78 is 5.06. The van der Waals surface area contributed by atoms with E-state index in [2.05, 4.69) is 10.3 Å². The standard InChI is InChI=1S/C16H22N2O5/c1-16(2,3)23-15(22)17-8-7-13(20)14(21)11-5-4-6-12(9-11)18-10-19/h4-6,9,13-14,20-21H,7-8H2,1-3H3,(H,17,22). The van der Waals surface area contributed by atoms with Crippen LogP contribution in [-0.2, 0) is 9.53 Å². The maximum Gasteiger partial charge on any atom is 0.407 e. The Morgan fingerprint density at radius 3 is 2.70 bits per heavy atom. The summed E-state index contributed by atoms with van der Waals surface area (Å²) >= 11 is 0. The summed E-state index contributed by atoms with van der Waals surface area (Å²) in [5.74, 6) is 0. The summed E-state index contributed by atoms with van der Waals surface area (Å²) in [7, 11) is 0. The fourth-order valence-electron chi connectivity index (χ4n) is 1.85. The largest absolute Gasteiger partial charge is 0.444 e. The minimum atomic E-state index is -1.16. The lowest BCUT2D eigenvalue weighted by atomic mass is 10.0. The van der Waals surface area contributed by atoms with Crippen LogP contribution >= 0.6 is 0 Å². The van der Waals surface area contributed by atoms with Gasteiger partial charge in [0.2, 0.25) is 6.08 Å². The van der Waals surface area contributed by atoms with Crippen LogP contribution in [0.25, 0.3) is 0 Å². The van der Waals surface area contributed by atoms with Crippen LogP contribution in [0.4, 0.5) is 10.5 Å². The van der Waals surface area contributed by atoms with E-state index in [1.54, 1.807) is 39.0 Å². The summed E-state index contributed by atoms with van der Waals surface area (Å²) in [4.78, 5) is 25.2. The molecule has 0 spiro atoms. The molecular weight excluding hydrogens is 300 g/mol. The zero-order valence-corrected chi connectivity index (χ0v) is 13.4. The molecule has 23 heavy (non-hydrogen) atoms. The highest BCUT2D eigenvalue weighted by atomic mass is 16.6. The van der Waals surface area contributed by atoms with E-state index in [4.69, 9.17) is 4.74 Å². The number of aliphatic hydroxyl groups excluding tert-OH is 2. The number of rotatable bonds is 6. The summed E-state index contributed by atoms with van der Waals surface area (Å²) in [5.41, 5.74) is 0.170. The van der Waals surface area contributed by atoms with Crippen molar-refractivity contribution in [2.45, 2.75) is 45.0 Å². The number of carbonyl (C=O) groups is 1. The van der Waals surface area contributed by atoms with Crippen LogP contribution in [0.5, 0.6) is 0 Å². The number of carbonyl (C=O) groups excluding carboxylic acids is 2. The molecule has 0 aliphatic heterocycles. The van der Waals surface area contributed by atoms with Gasteiger partial charge >= 0.3 is 6.09 Å². The van der Waals surface area contributed by atoms with E-state index in [0.29, 0.717) is 11.3 Å². The van der Waals surface area contributed by atoms with Gasteiger partial charge in [0.25, 0.3) is 0 Å². The zero-order valence-electron chi connectivity index (χ0n) is 13.4. The number of hydrogen-bond donors (Lipinski definition) is 3. The molecule has 0 radical (unpaired) electrons. The van der Waals surface area contributed by atoms with Crippen molar-refractivity contribution in [1.82, 2.24) is 5.32 Å². The van der Waals surface area contributed by atoms with Gasteiger partial charge < -0.3 is 20.3 Å². The topological polar surface area (TPSA) is 108 Å². The number of hydrogen-bond acceptors (Lipinski definition) is 6. The highest BCUT2D eigenvalue weighted by molar-refractivity contribution is 5.67. The van der Waals surface area contributed by atoms with Gasteiger partial charge in [0.1, 0.15) is 11.7 Å². The van der Waals surface area contributed by atoms with Gasteiger partial charge in [-0.2, -0.15) is 4.99 Å². The summed E-state index contributed by atoms with van der Waals surface area (Å²) in [6, 6.07) is 6.29. The lowest BCUT2D eigenvalue weighted by Crippen LogP contribution is -2.34. The van der Waals surface area contributed by atoms with Crippen molar-refractivity contribution in [3.8, 4) is 0 Å². The first-order valence-electron chi connectivity index (χ1n) is 7.24. The molecule has 1 rings (SSSR count). The smallest absolute Gasteiger partial charge is 0.407 e. The van der Waals surface area contributed by atoms with Crippen molar-refractivity contribution in [2.24, 2.45) is 4.99 Å². The molecule has 0 aliphatic carbocycles. The molecule has 0 bridgehead atoms. The number of benzene rings is 1. The number of nitrogens with one attached hydrogen (secondary N) is 1. The molecule has 3 N–H and O–H groups in total. The van der Waals surface area contributed by atoms with Crippen LogP contribution in [0.15, 0.2) is 29.3 Å². The first-order valence-corrected chi connectivity index (χ1v) is 7.24. The third kappa shape index (κ3) is 7.06. The van der Waals surface area contributed by atoms with Gasteiger partial charge in [0, 0.05) is 6.54 Å². The second-order valence-corrected chi connectivity index (χ2v) is 6.03. The van der Waals surface area contributed by atoms with E-state index >= 15 is 0 Å². The second-order valence-electron chi connectivity index (χ2n) is 6.03. The number of alkyl carbamates (subject to hydrolysis) is 1. The average Bonchev–Trinajstić information content (AvgIpc) is 2.45. The molecule has 7 heteroatoms. The van der Waals surface area contributed by atoms with Crippen molar-refractivity contribution in [3.05, 3.63) is 29.8 Å². The van der Waals surface area contributed by atoms with Gasteiger partial charge in [-0.15, -0.1) is 0 Å². The Hall–Kier alpha value is -2.21. The van der Waals surface area contributed by atoms with Gasteiger partial charge in [0.05, 0.1) is 11.8 Å². The first-order chi connectivity index (χ1) is 10.7. The molecule has 2 atom stereocenters. The average molecular weight is 322 g/mol. The fourth-order valence-corrected chi connectivity index (χ4v) is 1.85. The van der Waals surface area contributed by atoms with Gasteiger partial charge in [-0.1, -0.05) is 12.1 Å². The van der Waals surface area contributed by atoms with Crippen molar-refractivity contribution in [1.29, 1.82) is 0 Å². The van der Waals surface area contributed by atoms with E-state index < -0.39 is 23.9 Å².